The second-order valence-corrected chi connectivity index (χ2v) is 6.25. The number of methoxy groups -OCH3 is 1. The van der Waals surface area contributed by atoms with E-state index in [0.29, 0.717) is 11.4 Å². The lowest BCUT2D eigenvalue weighted by Gasteiger charge is -2.18. The third kappa shape index (κ3) is 4.48. The summed E-state index contributed by atoms with van der Waals surface area (Å²) >= 11 is 0. The minimum absolute atomic E-state index is 0.241. The molecule has 2 aromatic rings. The van der Waals surface area contributed by atoms with Crippen molar-refractivity contribution in [2.45, 2.75) is 32.2 Å². The molecule has 0 aliphatic heterocycles. The molecule has 0 saturated carbocycles. The van der Waals surface area contributed by atoms with Crippen LogP contribution in [0.2, 0.25) is 0 Å². The highest BCUT2D eigenvalue weighted by Gasteiger charge is 2.19. The molecule has 130 valence electrons. The molecule has 0 aliphatic carbocycles. The first-order valence-corrected chi connectivity index (χ1v) is 7.94. The van der Waals surface area contributed by atoms with E-state index in [-0.39, 0.29) is 12.1 Å². The molecular formula is C19H22N4O2. The van der Waals surface area contributed by atoms with Gasteiger partial charge >= 0.3 is 6.03 Å². The van der Waals surface area contributed by atoms with Crippen LogP contribution in [0.1, 0.15) is 37.9 Å². The summed E-state index contributed by atoms with van der Waals surface area (Å²) in [6.45, 7) is 5.58. The van der Waals surface area contributed by atoms with Gasteiger partial charge in [0.25, 0.3) is 0 Å². The first kappa shape index (κ1) is 18.3. The van der Waals surface area contributed by atoms with Gasteiger partial charge in [0.2, 0.25) is 0 Å². The zero-order valence-electron chi connectivity index (χ0n) is 14.8. The van der Waals surface area contributed by atoms with Crippen molar-refractivity contribution >= 4 is 11.7 Å². The quantitative estimate of drug-likeness (QED) is 0.868. The van der Waals surface area contributed by atoms with Crippen molar-refractivity contribution in [3.05, 3.63) is 53.9 Å². The van der Waals surface area contributed by atoms with E-state index in [2.05, 4.69) is 21.7 Å². The van der Waals surface area contributed by atoms with Crippen molar-refractivity contribution in [2.24, 2.45) is 0 Å². The molecule has 0 aliphatic rings. The molecule has 0 spiro atoms. The van der Waals surface area contributed by atoms with Gasteiger partial charge in [0.05, 0.1) is 30.8 Å². The number of hydrogen-bond acceptors (Lipinski definition) is 4. The lowest BCUT2D eigenvalue weighted by atomic mass is 9.86. The highest BCUT2D eigenvalue weighted by molar-refractivity contribution is 5.89. The predicted octanol–water partition coefficient (Wildman–Crippen LogP) is 3.77. The van der Waals surface area contributed by atoms with Gasteiger partial charge in [-0.1, -0.05) is 12.1 Å². The summed E-state index contributed by atoms with van der Waals surface area (Å²) in [5, 5.41) is 14.8. The average molecular weight is 338 g/mol. The Balaban J connectivity index is 2.02. The number of amides is 2. The summed E-state index contributed by atoms with van der Waals surface area (Å²) in [6.07, 6.45) is 3.27. The smallest absolute Gasteiger partial charge is 0.319 e. The zero-order valence-corrected chi connectivity index (χ0v) is 14.8. The van der Waals surface area contributed by atoms with E-state index in [4.69, 9.17) is 10.00 Å². The number of benzene rings is 1. The van der Waals surface area contributed by atoms with E-state index in [1.165, 1.54) is 0 Å². The van der Waals surface area contributed by atoms with Crippen molar-refractivity contribution in [1.29, 1.82) is 5.26 Å². The summed E-state index contributed by atoms with van der Waals surface area (Å²) in [7, 11) is 1.57. The molecule has 0 fully saturated rings. The normalized spacial score (nSPS) is 12.0. The van der Waals surface area contributed by atoms with E-state index in [0.717, 1.165) is 11.1 Å². The third-order valence-corrected chi connectivity index (χ3v) is 3.99. The molecule has 0 bridgehead atoms. The van der Waals surface area contributed by atoms with E-state index < -0.39 is 5.41 Å². The van der Waals surface area contributed by atoms with Crippen LogP contribution in [0.4, 0.5) is 10.5 Å². The van der Waals surface area contributed by atoms with Gasteiger partial charge < -0.3 is 15.4 Å². The molecule has 6 nitrogen and oxygen atoms in total. The van der Waals surface area contributed by atoms with Crippen LogP contribution in [0.25, 0.3) is 0 Å². The number of nitrogens with one attached hydrogen (secondary N) is 2. The number of pyridine rings is 1. The summed E-state index contributed by atoms with van der Waals surface area (Å²) in [5.74, 6) is 0.624. The summed E-state index contributed by atoms with van der Waals surface area (Å²) in [5.41, 5.74) is 1.84. The van der Waals surface area contributed by atoms with Gasteiger partial charge in [-0.15, -0.1) is 0 Å². The number of hydrogen-bond donors (Lipinski definition) is 2. The van der Waals surface area contributed by atoms with Crippen LogP contribution in [-0.2, 0) is 5.41 Å². The average Bonchev–Trinajstić information content (AvgIpc) is 2.62. The van der Waals surface area contributed by atoms with Gasteiger partial charge in [0.15, 0.2) is 0 Å². The van der Waals surface area contributed by atoms with Crippen LogP contribution in [-0.4, -0.2) is 18.1 Å². The topological polar surface area (TPSA) is 87.0 Å². The minimum atomic E-state index is -0.562. The molecule has 25 heavy (non-hydrogen) atoms. The summed E-state index contributed by atoms with van der Waals surface area (Å²) in [6, 6.07) is 10.8. The zero-order chi connectivity index (χ0) is 18.4. The van der Waals surface area contributed by atoms with Gasteiger partial charge in [-0.25, -0.2) is 4.79 Å². The fourth-order valence-corrected chi connectivity index (χ4v) is 2.40. The summed E-state index contributed by atoms with van der Waals surface area (Å²) < 4.78 is 5.26. The monoisotopic (exact) mass is 338 g/mol. The molecule has 2 rings (SSSR count). The number of anilines is 1. The number of carbonyl (C=O) groups is 1. The molecule has 6 heteroatoms. The Morgan fingerprint density at radius 1 is 1.28 bits per heavy atom. The van der Waals surface area contributed by atoms with Crippen LogP contribution >= 0.6 is 0 Å². The fourth-order valence-electron chi connectivity index (χ4n) is 2.40. The number of aromatic nitrogens is 1. The molecule has 1 aromatic heterocycles. The fraction of sp³-hybridized carbons (Fsp3) is 0.316. The van der Waals surface area contributed by atoms with Crippen molar-refractivity contribution in [3.63, 3.8) is 0 Å². The van der Waals surface area contributed by atoms with Gasteiger partial charge in [-0.05, 0) is 44.5 Å². The van der Waals surface area contributed by atoms with Crippen LogP contribution in [0.3, 0.4) is 0 Å². The Morgan fingerprint density at radius 2 is 1.96 bits per heavy atom. The number of nitrogens with zero attached hydrogens (tertiary/aromatic N) is 2. The third-order valence-electron chi connectivity index (χ3n) is 3.99. The molecule has 0 radical (unpaired) electrons. The van der Waals surface area contributed by atoms with Crippen LogP contribution in [0.15, 0.2) is 42.7 Å². The van der Waals surface area contributed by atoms with E-state index >= 15 is 0 Å². The van der Waals surface area contributed by atoms with Gasteiger partial charge in [-0.3, -0.25) is 4.98 Å². The number of urea groups is 1. The SMILES string of the molecule is COc1cnccc1[C@@H](C)NC(=O)Nc1ccc(C(C)(C)C#N)cc1. The lowest BCUT2D eigenvalue weighted by Crippen LogP contribution is -2.31. The van der Waals surface area contributed by atoms with Crippen molar-refractivity contribution in [1.82, 2.24) is 10.3 Å². The van der Waals surface area contributed by atoms with Gasteiger partial charge in [0.1, 0.15) is 5.75 Å². The van der Waals surface area contributed by atoms with Crippen LogP contribution in [0.5, 0.6) is 5.75 Å². The molecule has 2 amide bonds. The largest absolute Gasteiger partial charge is 0.495 e. The van der Waals surface area contributed by atoms with Crippen molar-refractivity contribution < 1.29 is 9.53 Å². The summed E-state index contributed by atoms with van der Waals surface area (Å²) in [4.78, 5) is 16.2. The molecule has 1 atom stereocenters. The second-order valence-electron chi connectivity index (χ2n) is 6.25. The Morgan fingerprint density at radius 3 is 2.56 bits per heavy atom. The Kier molecular flexibility index (Phi) is 5.60. The number of carbonyl (C=O) groups excluding carboxylic acids is 1. The molecule has 2 N–H and O–H groups in total. The maximum Gasteiger partial charge on any atom is 0.319 e. The van der Waals surface area contributed by atoms with Gasteiger partial charge in [-0.2, -0.15) is 5.26 Å². The van der Waals surface area contributed by atoms with Crippen molar-refractivity contribution in [3.8, 4) is 11.8 Å². The molecule has 1 heterocycles. The molecular weight excluding hydrogens is 316 g/mol. The molecule has 0 unspecified atom stereocenters. The first-order chi connectivity index (χ1) is 11.9. The number of ether oxygens (including phenoxy) is 1. The van der Waals surface area contributed by atoms with Crippen LogP contribution in [0, 0.1) is 11.3 Å². The lowest BCUT2D eigenvalue weighted by molar-refractivity contribution is 0.249. The van der Waals surface area contributed by atoms with Crippen LogP contribution < -0.4 is 15.4 Å². The Hall–Kier alpha value is -3.07. The predicted molar refractivity (Wildman–Crippen MR) is 96.4 cm³/mol. The van der Waals surface area contributed by atoms with E-state index in [1.54, 1.807) is 31.6 Å². The first-order valence-electron chi connectivity index (χ1n) is 7.94. The molecule has 0 saturated heterocycles. The maximum absolute atomic E-state index is 12.2. The Labute approximate surface area is 147 Å². The Bertz CT molecular complexity index is 779. The maximum atomic E-state index is 12.2. The standard InChI is InChI=1S/C19H22N4O2/c1-13(16-9-10-21-11-17(16)25-4)22-18(24)23-15-7-5-14(6-8-15)19(2,3)12-20/h5-11,13H,1-4H3,(H2,22,23,24)/t13-/m1/s1. The highest BCUT2D eigenvalue weighted by Crippen LogP contribution is 2.25. The van der Waals surface area contributed by atoms with E-state index in [1.807, 2.05) is 39.0 Å². The van der Waals surface area contributed by atoms with E-state index in [9.17, 15) is 4.79 Å². The van der Waals surface area contributed by atoms with Gasteiger partial charge in [0, 0.05) is 17.4 Å². The second kappa shape index (κ2) is 7.67. The minimum Gasteiger partial charge on any atom is -0.495 e. The van der Waals surface area contributed by atoms with Crippen molar-refractivity contribution in [2.75, 3.05) is 12.4 Å². The number of rotatable bonds is 5. The highest BCUT2D eigenvalue weighted by atomic mass is 16.5. The number of nitriles is 1. The molecule has 1 aromatic carbocycles.